The fourth-order valence-corrected chi connectivity index (χ4v) is 3.89. The highest BCUT2D eigenvalue weighted by Gasteiger charge is 2.40. The van der Waals surface area contributed by atoms with E-state index in [0.29, 0.717) is 10.8 Å². The van der Waals surface area contributed by atoms with Crippen molar-refractivity contribution in [1.82, 2.24) is 0 Å². The Balaban J connectivity index is 2.71. The highest BCUT2D eigenvalue weighted by atomic mass is 79.9. The highest BCUT2D eigenvalue weighted by Crippen LogP contribution is 2.50. The van der Waals surface area contributed by atoms with Crippen LogP contribution in [0.1, 0.15) is 60.3 Å². The summed E-state index contributed by atoms with van der Waals surface area (Å²) in [6.45, 7) is 12.0. The van der Waals surface area contributed by atoms with Crippen molar-refractivity contribution in [3.05, 3.63) is 0 Å². The Morgan fingerprint density at radius 1 is 1.14 bits per heavy atom. The van der Waals surface area contributed by atoms with Crippen molar-refractivity contribution < 1.29 is 0 Å². The molecule has 0 heterocycles. The van der Waals surface area contributed by atoms with Crippen LogP contribution in [0, 0.1) is 16.7 Å². The minimum atomic E-state index is 0.535. The molecule has 0 N–H and O–H groups in total. The summed E-state index contributed by atoms with van der Waals surface area (Å²) < 4.78 is 0. The molecular formula is C13H25Br. The summed E-state index contributed by atoms with van der Waals surface area (Å²) in [5.41, 5.74) is 1.07. The molecule has 1 rings (SSSR count). The molecule has 1 unspecified atom stereocenters. The zero-order chi connectivity index (χ0) is 11.0. The number of hydrogen-bond donors (Lipinski definition) is 0. The SMILES string of the molecule is CCC(Br)C1CC(C)(C)CC(C)(C)C1. The van der Waals surface area contributed by atoms with E-state index in [1.165, 1.54) is 25.7 Å². The van der Waals surface area contributed by atoms with Gasteiger partial charge in [-0.15, -0.1) is 0 Å². The predicted octanol–water partition coefficient (Wildman–Crippen LogP) is 5.01. The zero-order valence-corrected chi connectivity index (χ0v) is 11.9. The van der Waals surface area contributed by atoms with E-state index in [1.54, 1.807) is 0 Å². The van der Waals surface area contributed by atoms with Crippen LogP contribution in [-0.4, -0.2) is 4.83 Å². The molecule has 1 heteroatoms. The van der Waals surface area contributed by atoms with Gasteiger partial charge in [0.25, 0.3) is 0 Å². The number of halogens is 1. The molecule has 1 fully saturated rings. The topological polar surface area (TPSA) is 0 Å². The first-order valence-electron chi connectivity index (χ1n) is 5.90. The maximum Gasteiger partial charge on any atom is 0.0171 e. The molecule has 1 aliphatic rings. The van der Waals surface area contributed by atoms with Crippen LogP contribution in [0.25, 0.3) is 0 Å². The molecule has 1 saturated carbocycles. The van der Waals surface area contributed by atoms with Gasteiger partial charge in [0.05, 0.1) is 0 Å². The lowest BCUT2D eigenvalue weighted by atomic mass is 9.61. The Hall–Kier alpha value is 0.480. The van der Waals surface area contributed by atoms with Gasteiger partial charge in [-0.25, -0.2) is 0 Å². The molecule has 0 aromatic heterocycles. The first-order valence-corrected chi connectivity index (χ1v) is 6.81. The van der Waals surface area contributed by atoms with E-state index in [-0.39, 0.29) is 0 Å². The van der Waals surface area contributed by atoms with Crippen molar-refractivity contribution in [1.29, 1.82) is 0 Å². The first kappa shape index (κ1) is 12.5. The molecule has 84 valence electrons. The average Bonchev–Trinajstić information content (AvgIpc) is 1.97. The fraction of sp³-hybridized carbons (Fsp3) is 1.00. The second kappa shape index (κ2) is 4.15. The van der Waals surface area contributed by atoms with Gasteiger partial charge in [-0.2, -0.15) is 0 Å². The molecule has 0 amide bonds. The third-order valence-corrected chi connectivity index (χ3v) is 4.88. The van der Waals surface area contributed by atoms with Gasteiger partial charge in [0, 0.05) is 4.83 Å². The molecule has 1 atom stereocenters. The van der Waals surface area contributed by atoms with Crippen molar-refractivity contribution in [2.24, 2.45) is 16.7 Å². The molecule has 1 aliphatic carbocycles. The Kier molecular flexibility index (Phi) is 3.72. The Labute approximate surface area is 98.0 Å². The third kappa shape index (κ3) is 3.25. The lowest BCUT2D eigenvalue weighted by molar-refractivity contribution is 0.0669. The molecule has 0 nitrogen and oxygen atoms in total. The minimum absolute atomic E-state index is 0.535. The van der Waals surface area contributed by atoms with E-state index in [2.05, 4.69) is 50.5 Å². The van der Waals surface area contributed by atoms with Crippen molar-refractivity contribution in [2.45, 2.75) is 65.1 Å². The highest BCUT2D eigenvalue weighted by molar-refractivity contribution is 9.09. The second-order valence-electron chi connectivity index (χ2n) is 6.60. The van der Waals surface area contributed by atoms with Gasteiger partial charge in [-0.05, 0) is 42.4 Å². The third-order valence-electron chi connectivity index (χ3n) is 3.49. The fourth-order valence-electron chi connectivity index (χ4n) is 3.52. The van der Waals surface area contributed by atoms with Gasteiger partial charge in [-0.1, -0.05) is 50.5 Å². The summed E-state index contributed by atoms with van der Waals surface area (Å²) >= 11 is 3.84. The summed E-state index contributed by atoms with van der Waals surface area (Å²) in [7, 11) is 0. The average molecular weight is 261 g/mol. The molecular weight excluding hydrogens is 236 g/mol. The molecule has 0 saturated heterocycles. The van der Waals surface area contributed by atoms with Crippen LogP contribution < -0.4 is 0 Å². The molecule has 0 aromatic rings. The van der Waals surface area contributed by atoms with E-state index in [9.17, 15) is 0 Å². The van der Waals surface area contributed by atoms with E-state index in [0.717, 1.165) is 10.7 Å². The van der Waals surface area contributed by atoms with E-state index in [4.69, 9.17) is 0 Å². The van der Waals surface area contributed by atoms with Crippen LogP contribution in [0.15, 0.2) is 0 Å². The van der Waals surface area contributed by atoms with Crippen LogP contribution in [0.2, 0.25) is 0 Å². The van der Waals surface area contributed by atoms with E-state index >= 15 is 0 Å². The second-order valence-corrected chi connectivity index (χ2v) is 7.77. The number of rotatable bonds is 2. The lowest BCUT2D eigenvalue weighted by Gasteiger charge is -2.46. The van der Waals surface area contributed by atoms with E-state index in [1.807, 2.05) is 0 Å². The minimum Gasteiger partial charge on any atom is -0.0888 e. The maximum absolute atomic E-state index is 3.84. The van der Waals surface area contributed by atoms with Crippen molar-refractivity contribution in [3.63, 3.8) is 0 Å². The Bertz CT molecular complexity index is 177. The summed E-state index contributed by atoms with van der Waals surface area (Å²) in [4.78, 5) is 0.723. The normalized spacial score (nSPS) is 28.7. The number of alkyl halides is 1. The van der Waals surface area contributed by atoms with Crippen LogP contribution in [0.4, 0.5) is 0 Å². The van der Waals surface area contributed by atoms with Crippen molar-refractivity contribution in [3.8, 4) is 0 Å². The Morgan fingerprint density at radius 3 is 1.93 bits per heavy atom. The first-order chi connectivity index (χ1) is 6.26. The van der Waals surface area contributed by atoms with Crippen LogP contribution >= 0.6 is 15.9 Å². The smallest absolute Gasteiger partial charge is 0.0171 e. The van der Waals surface area contributed by atoms with Gasteiger partial charge in [-0.3, -0.25) is 0 Å². The lowest BCUT2D eigenvalue weighted by Crippen LogP contribution is -2.37. The van der Waals surface area contributed by atoms with Gasteiger partial charge >= 0.3 is 0 Å². The molecule has 0 bridgehead atoms. The zero-order valence-electron chi connectivity index (χ0n) is 10.4. The van der Waals surface area contributed by atoms with E-state index < -0.39 is 0 Å². The summed E-state index contributed by atoms with van der Waals surface area (Å²) in [6.07, 6.45) is 5.41. The van der Waals surface area contributed by atoms with Gasteiger partial charge in [0.1, 0.15) is 0 Å². The summed E-state index contributed by atoms with van der Waals surface area (Å²) in [5.74, 6) is 0.874. The van der Waals surface area contributed by atoms with Crippen LogP contribution in [0.5, 0.6) is 0 Å². The van der Waals surface area contributed by atoms with Crippen molar-refractivity contribution in [2.75, 3.05) is 0 Å². The standard InChI is InChI=1S/C13H25Br/c1-6-11(14)10-7-12(2,3)9-13(4,5)8-10/h10-11H,6-9H2,1-5H3. The summed E-state index contributed by atoms with van der Waals surface area (Å²) in [6, 6.07) is 0. The monoisotopic (exact) mass is 260 g/mol. The maximum atomic E-state index is 3.84. The molecule has 0 aromatic carbocycles. The van der Waals surface area contributed by atoms with Gasteiger partial charge < -0.3 is 0 Å². The van der Waals surface area contributed by atoms with Crippen molar-refractivity contribution >= 4 is 15.9 Å². The molecule has 0 aliphatic heterocycles. The number of hydrogen-bond acceptors (Lipinski definition) is 0. The Morgan fingerprint density at radius 2 is 1.57 bits per heavy atom. The quantitative estimate of drug-likeness (QED) is 0.613. The largest absolute Gasteiger partial charge is 0.0888 e. The molecule has 0 spiro atoms. The molecule has 0 radical (unpaired) electrons. The summed E-state index contributed by atoms with van der Waals surface area (Å²) in [5, 5.41) is 0. The van der Waals surface area contributed by atoms with Crippen LogP contribution in [0.3, 0.4) is 0 Å². The molecule has 14 heavy (non-hydrogen) atoms. The van der Waals surface area contributed by atoms with Gasteiger partial charge in [0.2, 0.25) is 0 Å². The van der Waals surface area contributed by atoms with Gasteiger partial charge in [0.15, 0.2) is 0 Å². The van der Waals surface area contributed by atoms with Crippen LogP contribution in [-0.2, 0) is 0 Å². The predicted molar refractivity (Wildman–Crippen MR) is 67.9 cm³/mol.